The molecular formula is C18H20BrNO2. The lowest BCUT2D eigenvalue weighted by atomic mass is 10.1. The van der Waals surface area contributed by atoms with Crippen LogP contribution in [0, 0.1) is 0 Å². The monoisotopic (exact) mass is 361 g/mol. The Balaban J connectivity index is 1.87. The minimum Gasteiger partial charge on any atom is -0.483 e. The van der Waals surface area contributed by atoms with Crippen molar-refractivity contribution >= 4 is 21.8 Å². The van der Waals surface area contributed by atoms with Crippen LogP contribution in [-0.4, -0.2) is 24.5 Å². The van der Waals surface area contributed by atoms with Gasteiger partial charge in [0.1, 0.15) is 5.75 Å². The van der Waals surface area contributed by atoms with Crippen molar-refractivity contribution in [1.29, 1.82) is 0 Å². The fraction of sp³-hybridized carbons (Fsp3) is 0.278. The molecule has 0 aliphatic heterocycles. The van der Waals surface area contributed by atoms with Gasteiger partial charge >= 0.3 is 0 Å². The number of aryl methyl sites for hydroxylation is 1. The van der Waals surface area contributed by atoms with Crippen LogP contribution in [0.4, 0.5) is 0 Å². The molecule has 0 heterocycles. The van der Waals surface area contributed by atoms with Crippen molar-refractivity contribution in [1.82, 2.24) is 4.90 Å². The number of likely N-dealkylation sites (N-methyl/N-ethyl adjacent to an activating group) is 1. The lowest BCUT2D eigenvalue weighted by Gasteiger charge is -2.18. The van der Waals surface area contributed by atoms with Crippen molar-refractivity contribution < 1.29 is 9.53 Å². The van der Waals surface area contributed by atoms with Crippen molar-refractivity contribution in [2.45, 2.75) is 19.9 Å². The van der Waals surface area contributed by atoms with Gasteiger partial charge in [0.25, 0.3) is 5.91 Å². The fourth-order valence-electron chi connectivity index (χ4n) is 2.05. The predicted molar refractivity (Wildman–Crippen MR) is 91.9 cm³/mol. The molecule has 22 heavy (non-hydrogen) atoms. The molecule has 0 saturated carbocycles. The maximum atomic E-state index is 12.1. The van der Waals surface area contributed by atoms with E-state index < -0.39 is 0 Å². The molecule has 4 heteroatoms. The Kier molecular flexibility index (Phi) is 6.01. The molecule has 116 valence electrons. The number of carbonyl (C=O) groups excluding carboxylic acids is 1. The highest BCUT2D eigenvalue weighted by Crippen LogP contribution is 2.23. The smallest absolute Gasteiger partial charge is 0.260 e. The molecule has 0 bridgehead atoms. The SMILES string of the molecule is CCc1ccc(CN(C)C(=O)COc2ccccc2Br)cc1. The standard InChI is InChI=1S/C18H20BrNO2/c1-3-14-8-10-15(11-9-14)12-20(2)18(21)13-22-17-7-5-4-6-16(17)19/h4-11H,3,12-13H2,1-2H3. The van der Waals surface area contributed by atoms with Crippen LogP contribution in [0.25, 0.3) is 0 Å². The van der Waals surface area contributed by atoms with E-state index in [0.717, 1.165) is 16.5 Å². The van der Waals surface area contributed by atoms with E-state index >= 15 is 0 Å². The first-order valence-electron chi connectivity index (χ1n) is 7.29. The summed E-state index contributed by atoms with van der Waals surface area (Å²) in [6.45, 7) is 2.75. The fourth-order valence-corrected chi connectivity index (χ4v) is 2.45. The highest BCUT2D eigenvalue weighted by Gasteiger charge is 2.11. The molecule has 2 aromatic carbocycles. The van der Waals surface area contributed by atoms with Crippen molar-refractivity contribution in [3.63, 3.8) is 0 Å². The third kappa shape index (κ3) is 4.60. The zero-order valence-corrected chi connectivity index (χ0v) is 14.5. The summed E-state index contributed by atoms with van der Waals surface area (Å²) in [5, 5.41) is 0. The minimum atomic E-state index is -0.0460. The molecule has 0 aromatic heterocycles. The second-order valence-electron chi connectivity index (χ2n) is 5.14. The highest BCUT2D eigenvalue weighted by atomic mass is 79.9. The normalized spacial score (nSPS) is 10.3. The van der Waals surface area contributed by atoms with E-state index in [1.807, 2.05) is 24.3 Å². The zero-order valence-electron chi connectivity index (χ0n) is 12.9. The molecule has 0 unspecified atom stereocenters. The molecule has 0 N–H and O–H groups in total. The topological polar surface area (TPSA) is 29.5 Å². The van der Waals surface area contributed by atoms with Crippen molar-refractivity contribution in [3.8, 4) is 5.75 Å². The van der Waals surface area contributed by atoms with E-state index in [1.54, 1.807) is 11.9 Å². The molecule has 2 rings (SSSR count). The molecular weight excluding hydrogens is 342 g/mol. The number of amides is 1. The Morgan fingerprint density at radius 1 is 1.09 bits per heavy atom. The van der Waals surface area contributed by atoms with E-state index in [0.29, 0.717) is 12.3 Å². The Morgan fingerprint density at radius 2 is 1.73 bits per heavy atom. The van der Waals surface area contributed by atoms with Crippen LogP contribution < -0.4 is 4.74 Å². The number of nitrogens with zero attached hydrogens (tertiary/aromatic N) is 1. The lowest BCUT2D eigenvalue weighted by molar-refractivity contribution is -0.132. The van der Waals surface area contributed by atoms with Gasteiger partial charge in [-0.05, 0) is 45.6 Å². The van der Waals surface area contributed by atoms with Gasteiger partial charge in [-0.1, -0.05) is 43.3 Å². The summed E-state index contributed by atoms with van der Waals surface area (Å²) in [6.07, 6.45) is 1.02. The van der Waals surface area contributed by atoms with Gasteiger partial charge in [0.05, 0.1) is 4.47 Å². The van der Waals surface area contributed by atoms with Crippen LogP contribution in [0.5, 0.6) is 5.75 Å². The van der Waals surface area contributed by atoms with Crippen molar-refractivity contribution in [3.05, 3.63) is 64.1 Å². The maximum Gasteiger partial charge on any atom is 0.260 e. The van der Waals surface area contributed by atoms with Gasteiger partial charge in [0, 0.05) is 13.6 Å². The van der Waals surface area contributed by atoms with Crippen molar-refractivity contribution in [2.75, 3.05) is 13.7 Å². The lowest BCUT2D eigenvalue weighted by Crippen LogP contribution is -2.31. The molecule has 0 fully saturated rings. The average Bonchev–Trinajstić information content (AvgIpc) is 2.54. The second-order valence-corrected chi connectivity index (χ2v) is 5.99. The third-order valence-corrected chi connectivity index (χ3v) is 4.12. The van der Waals surface area contributed by atoms with Crippen LogP contribution >= 0.6 is 15.9 Å². The maximum absolute atomic E-state index is 12.1. The number of benzene rings is 2. The second kappa shape index (κ2) is 7.99. The van der Waals surface area contributed by atoms with Gasteiger partial charge in [-0.2, -0.15) is 0 Å². The van der Waals surface area contributed by atoms with E-state index in [4.69, 9.17) is 4.74 Å². The molecule has 0 saturated heterocycles. The van der Waals surface area contributed by atoms with Crippen LogP contribution in [-0.2, 0) is 17.8 Å². The Bertz CT molecular complexity index is 625. The summed E-state index contributed by atoms with van der Waals surface area (Å²) in [5.74, 6) is 0.631. The van der Waals surface area contributed by atoms with Crippen LogP contribution in [0.1, 0.15) is 18.1 Å². The molecule has 0 atom stereocenters. The summed E-state index contributed by atoms with van der Waals surface area (Å²) in [5.41, 5.74) is 2.42. The quantitative estimate of drug-likeness (QED) is 0.776. The van der Waals surface area contributed by atoms with E-state index in [9.17, 15) is 4.79 Å². The van der Waals surface area contributed by atoms with E-state index in [1.165, 1.54) is 5.56 Å². The average molecular weight is 362 g/mol. The summed E-state index contributed by atoms with van der Waals surface area (Å²) < 4.78 is 6.40. The number of halogens is 1. The first-order valence-corrected chi connectivity index (χ1v) is 8.08. The Morgan fingerprint density at radius 3 is 2.36 bits per heavy atom. The molecule has 0 spiro atoms. The Labute approximate surface area is 140 Å². The number of ether oxygens (including phenoxy) is 1. The van der Waals surface area contributed by atoms with Gasteiger partial charge in [-0.25, -0.2) is 0 Å². The zero-order chi connectivity index (χ0) is 15.9. The predicted octanol–water partition coefficient (Wildman–Crippen LogP) is 4.05. The molecule has 1 amide bonds. The highest BCUT2D eigenvalue weighted by molar-refractivity contribution is 9.10. The number of rotatable bonds is 6. The molecule has 2 aromatic rings. The Hall–Kier alpha value is -1.81. The van der Waals surface area contributed by atoms with Crippen LogP contribution in [0.15, 0.2) is 53.0 Å². The van der Waals surface area contributed by atoms with Gasteiger partial charge in [-0.15, -0.1) is 0 Å². The summed E-state index contributed by atoms with van der Waals surface area (Å²) in [6, 6.07) is 15.8. The van der Waals surface area contributed by atoms with Crippen molar-refractivity contribution in [2.24, 2.45) is 0 Å². The molecule has 0 radical (unpaired) electrons. The third-order valence-electron chi connectivity index (χ3n) is 3.46. The minimum absolute atomic E-state index is 0.0339. The van der Waals surface area contributed by atoms with Gasteiger partial charge in [0.15, 0.2) is 6.61 Å². The molecule has 0 aliphatic rings. The summed E-state index contributed by atoms with van der Waals surface area (Å²) in [7, 11) is 1.79. The van der Waals surface area contributed by atoms with Crippen LogP contribution in [0.3, 0.4) is 0 Å². The summed E-state index contributed by atoms with van der Waals surface area (Å²) >= 11 is 3.40. The van der Waals surface area contributed by atoms with E-state index in [-0.39, 0.29) is 12.5 Å². The summed E-state index contributed by atoms with van der Waals surface area (Å²) in [4.78, 5) is 13.8. The number of hydrogen-bond acceptors (Lipinski definition) is 2. The number of carbonyl (C=O) groups is 1. The first-order chi connectivity index (χ1) is 10.6. The van der Waals surface area contributed by atoms with E-state index in [2.05, 4.69) is 47.1 Å². The number of para-hydroxylation sites is 1. The van der Waals surface area contributed by atoms with Crippen LogP contribution in [0.2, 0.25) is 0 Å². The van der Waals surface area contributed by atoms with Gasteiger partial charge in [0.2, 0.25) is 0 Å². The first kappa shape index (κ1) is 16.6. The molecule has 0 aliphatic carbocycles. The number of hydrogen-bond donors (Lipinski definition) is 0. The largest absolute Gasteiger partial charge is 0.483 e. The van der Waals surface area contributed by atoms with Gasteiger partial charge < -0.3 is 9.64 Å². The van der Waals surface area contributed by atoms with Gasteiger partial charge in [-0.3, -0.25) is 4.79 Å². The molecule has 3 nitrogen and oxygen atoms in total.